The van der Waals surface area contributed by atoms with Gasteiger partial charge in [-0.1, -0.05) is 68.4 Å². The number of aliphatic hydroxyl groups excluding tert-OH is 1. The van der Waals surface area contributed by atoms with Gasteiger partial charge in [0.05, 0.1) is 25.9 Å². The lowest BCUT2D eigenvalue weighted by molar-refractivity contribution is -0.343. The third-order valence-electron chi connectivity index (χ3n) is 10.3. The van der Waals surface area contributed by atoms with E-state index >= 15 is 0 Å². The van der Waals surface area contributed by atoms with Crippen LogP contribution >= 0.6 is 0 Å². The number of methoxy groups -OCH3 is 1. The minimum Gasteiger partial charge on any atom is -0.466 e. The highest BCUT2D eigenvalue weighted by Gasteiger charge is 2.50. The number of rotatable bonds is 20. The molecule has 0 aliphatic carbocycles. The van der Waals surface area contributed by atoms with E-state index in [1.807, 2.05) is 34.6 Å². The molecule has 2 rings (SSSR count). The molecule has 13 heteroatoms. The van der Waals surface area contributed by atoms with Crippen molar-refractivity contribution in [3.8, 4) is 0 Å². The van der Waals surface area contributed by atoms with E-state index in [0.717, 1.165) is 0 Å². The molecule has 2 fully saturated rings. The summed E-state index contributed by atoms with van der Waals surface area (Å²) < 4.78 is 42.4. The van der Waals surface area contributed by atoms with Crippen molar-refractivity contribution in [3.05, 3.63) is 11.6 Å². The normalized spacial score (nSPS) is 26.3. The van der Waals surface area contributed by atoms with E-state index < -0.39 is 78.0 Å². The fraction of sp³-hybridized carbons (Fsp3) is 0.833. The second kappa shape index (κ2) is 22.6. The molecular formula is C42H70O13. The summed E-state index contributed by atoms with van der Waals surface area (Å²) in [5.41, 5.74) is 0.303. The van der Waals surface area contributed by atoms with Crippen molar-refractivity contribution in [1.29, 1.82) is 0 Å². The van der Waals surface area contributed by atoms with Gasteiger partial charge >= 0.3 is 29.8 Å². The van der Waals surface area contributed by atoms with Crippen LogP contribution in [0.15, 0.2) is 11.6 Å². The summed E-state index contributed by atoms with van der Waals surface area (Å²) in [4.78, 5) is 64.5. The number of carbonyl (C=O) groups excluding carboxylic acids is 5. The summed E-state index contributed by atoms with van der Waals surface area (Å²) >= 11 is 0. The zero-order valence-corrected chi connectivity index (χ0v) is 35.4. The number of hydrogen-bond donors (Lipinski definition) is 1. The van der Waals surface area contributed by atoms with Gasteiger partial charge in [0, 0.05) is 56.9 Å². The van der Waals surface area contributed by atoms with E-state index in [2.05, 4.69) is 13.8 Å². The molecule has 13 nitrogen and oxygen atoms in total. The highest BCUT2D eigenvalue weighted by Crippen LogP contribution is 2.45. The summed E-state index contributed by atoms with van der Waals surface area (Å²) in [7, 11) is 1.27. The number of aliphatic hydroxyl groups is 1. The van der Waals surface area contributed by atoms with Crippen LogP contribution < -0.4 is 0 Å². The molecule has 55 heavy (non-hydrogen) atoms. The molecule has 1 unspecified atom stereocenters. The average molecular weight is 783 g/mol. The molecular weight excluding hydrogens is 712 g/mol. The lowest BCUT2D eigenvalue weighted by Gasteiger charge is -2.51. The maximum atomic E-state index is 13.4. The Morgan fingerprint density at radius 2 is 1.36 bits per heavy atom. The van der Waals surface area contributed by atoms with Gasteiger partial charge in [0.25, 0.3) is 0 Å². The van der Waals surface area contributed by atoms with Gasteiger partial charge in [0.1, 0.15) is 24.4 Å². The van der Waals surface area contributed by atoms with Gasteiger partial charge < -0.3 is 38.3 Å². The molecule has 316 valence electrons. The van der Waals surface area contributed by atoms with Crippen molar-refractivity contribution in [2.45, 2.75) is 176 Å². The van der Waals surface area contributed by atoms with E-state index in [1.165, 1.54) is 14.0 Å². The molecule has 1 N–H and O–H groups in total. The summed E-state index contributed by atoms with van der Waals surface area (Å²) in [6.07, 6.45) is -0.182. The predicted octanol–water partition coefficient (Wildman–Crippen LogP) is 6.65. The summed E-state index contributed by atoms with van der Waals surface area (Å²) in [6, 6.07) is 0. The first-order valence-electron chi connectivity index (χ1n) is 20.2. The SMILES string of the molecule is CCC(=O)O[C@@H](C/C=C(\C)C(=O)OC)[C@H](C)[C@@H](OC(C)=O)[C@@H](C[C@H](C)[C@H](OC(=O)CC(C)C)[C@@H]1C[C@H](C)CC2(C[C@@H](C)C[C@@H](CO)O2)O1)OC(=O)CC(C)C. The minimum atomic E-state index is -1.10. The number of ether oxygens (including phenoxy) is 7. The monoisotopic (exact) mass is 782 g/mol. The van der Waals surface area contributed by atoms with Crippen LogP contribution in [0.25, 0.3) is 0 Å². The van der Waals surface area contributed by atoms with Crippen molar-refractivity contribution < 1.29 is 62.2 Å². The van der Waals surface area contributed by atoms with Crippen LogP contribution in [0.4, 0.5) is 0 Å². The Morgan fingerprint density at radius 3 is 1.89 bits per heavy atom. The van der Waals surface area contributed by atoms with E-state index in [0.29, 0.717) is 31.3 Å². The van der Waals surface area contributed by atoms with Crippen LogP contribution in [0.2, 0.25) is 0 Å². The van der Waals surface area contributed by atoms with Crippen molar-refractivity contribution in [1.82, 2.24) is 0 Å². The molecule has 0 aromatic heterocycles. The van der Waals surface area contributed by atoms with Gasteiger partial charge in [-0.3, -0.25) is 19.2 Å². The molecule has 2 heterocycles. The maximum Gasteiger partial charge on any atom is 0.333 e. The molecule has 0 bridgehead atoms. The van der Waals surface area contributed by atoms with E-state index in [1.54, 1.807) is 26.8 Å². The first-order chi connectivity index (χ1) is 25.7. The lowest BCUT2D eigenvalue weighted by atomic mass is 9.79. The Bertz CT molecular complexity index is 1290. The minimum absolute atomic E-state index is 0.0291. The highest BCUT2D eigenvalue weighted by atomic mass is 16.7. The summed E-state index contributed by atoms with van der Waals surface area (Å²) in [6.45, 7) is 19.8. The van der Waals surface area contributed by atoms with E-state index in [-0.39, 0.29) is 68.5 Å². The Labute approximate surface area is 328 Å². The standard InChI is InChI=1S/C42H70O13/c1-13-36(45)51-33(15-14-28(8)41(48)49-12)30(10)40(50-31(11)44)34(52-37(46)16-24(2)3)20-29(9)39(53-38(47)17-25(4)5)35-19-27(7)22-42(55-35)21-26(6)18-32(23-43)54-42/h14,24-27,29-30,32-35,39-40,43H,13,15-23H2,1-12H3/b28-14+/t26-,27-,29-,30-,32-,33-,34+,35-,39-,40+,42?/m0/s1. The first kappa shape index (κ1) is 48.1. The molecule has 0 aromatic rings. The van der Waals surface area contributed by atoms with E-state index in [4.69, 9.17) is 33.2 Å². The molecule has 2 aliphatic heterocycles. The van der Waals surface area contributed by atoms with E-state index in [9.17, 15) is 29.1 Å². The fourth-order valence-corrected chi connectivity index (χ4v) is 7.84. The molecule has 0 saturated carbocycles. The van der Waals surface area contributed by atoms with Crippen molar-refractivity contribution >= 4 is 29.8 Å². The van der Waals surface area contributed by atoms with Crippen LogP contribution in [0.3, 0.4) is 0 Å². The van der Waals surface area contributed by atoms with Gasteiger partial charge in [-0.25, -0.2) is 4.79 Å². The number of carbonyl (C=O) groups is 5. The largest absolute Gasteiger partial charge is 0.466 e. The Balaban J connectivity index is 2.64. The molecule has 11 atom stereocenters. The Kier molecular flexibility index (Phi) is 19.8. The molecule has 0 amide bonds. The smallest absolute Gasteiger partial charge is 0.333 e. The van der Waals surface area contributed by atoms with Crippen LogP contribution in [-0.4, -0.2) is 91.1 Å². The van der Waals surface area contributed by atoms with Gasteiger partial charge in [-0.15, -0.1) is 0 Å². The summed E-state index contributed by atoms with van der Waals surface area (Å²) in [5.74, 6) is -4.41. The molecule has 2 saturated heterocycles. The zero-order valence-electron chi connectivity index (χ0n) is 35.4. The first-order valence-corrected chi connectivity index (χ1v) is 20.2. The van der Waals surface area contributed by atoms with Crippen LogP contribution in [-0.2, 0) is 57.1 Å². The predicted molar refractivity (Wildman–Crippen MR) is 204 cm³/mol. The summed E-state index contributed by atoms with van der Waals surface area (Å²) in [5, 5.41) is 10.1. The molecule has 0 aromatic carbocycles. The average Bonchev–Trinajstić information content (AvgIpc) is 3.08. The van der Waals surface area contributed by atoms with Crippen LogP contribution in [0.1, 0.15) is 134 Å². The Morgan fingerprint density at radius 1 is 0.800 bits per heavy atom. The zero-order chi connectivity index (χ0) is 41.6. The Hall–Kier alpha value is -3.03. The quantitative estimate of drug-likeness (QED) is 0.0792. The van der Waals surface area contributed by atoms with Crippen LogP contribution in [0, 0.1) is 35.5 Å². The van der Waals surface area contributed by atoms with Gasteiger partial charge in [-0.2, -0.15) is 0 Å². The lowest BCUT2D eigenvalue weighted by Crippen LogP contribution is -2.56. The van der Waals surface area contributed by atoms with Gasteiger partial charge in [0.15, 0.2) is 5.79 Å². The van der Waals surface area contributed by atoms with Crippen molar-refractivity contribution in [2.75, 3.05) is 13.7 Å². The second-order valence-electron chi connectivity index (χ2n) is 16.9. The van der Waals surface area contributed by atoms with Gasteiger partial charge in [0.2, 0.25) is 0 Å². The number of esters is 5. The third kappa shape index (κ3) is 15.8. The fourth-order valence-electron chi connectivity index (χ4n) is 7.84. The van der Waals surface area contributed by atoms with Crippen molar-refractivity contribution in [3.63, 3.8) is 0 Å². The second-order valence-corrected chi connectivity index (χ2v) is 16.9. The van der Waals surface area contributed by atoms with Crippen LogP contribution in [0.5, 0.6) is 0 Å². The third-order valence-corrected chi connectivity index (χ3v) is 10.3. The molecule has 2 aliphatic rings. The highest BCUT2D eigenvalue weighted by molar-refractivity contribution is 5.87. The molecule has 0 radical (unpaired) electrons. The van der Waals surface area contributed by atoms with Gasteiger partial charge in [-0.05, 0) is 55.8 Å². The topological polar surface area (TPSA) is 170 Å². The number of hydrogen-bond acceptors (Lipinski definition) is 13. The maximum absolute atomic E-state index is 13.4. The molecule has 1 spiro atoms. The van der Waals surface area contributed by atoms with Crippen molar-refractivity contribution in [2.24, 2.45) is 35.5 Å².